The number of nitrogens with one attached hydrogen (secondary N) is 1. The van der Waals surface area contributed by atoms with Crippen molar-refractivity contribution in [1.29, 1.82) is 0 Å². The van der Waals surface area contributed by atoms with Crippen LogP contribution in [0, 0.1) is 6.92 Å². The van der Waals surface area contributed by atoms with Gasteiger partial charge in [-0.05, 0) is 49.2 Å². The molecule has 7 nitrogen and oxygen atoms in total. The number of carboxylic acids is 1. The number of rotatable bonds is 6. The van der Waals surface area contributed by atoms with Gasteiger partial charge in [-0.2, -0.15) is 18.3 Å². The summed E-state index contributed by atoms with van der Waals surface area (Å²) in [5.74, 6) is -0.723. The van der Waals surface area contributed by atoms with E-state index in [1.54, 1.807) is 30.7 Å². The maximum absolute atomic E-state index is 13.2. The number of alkyl halides is 3. The van der Waals surface area contributed by atoms with Crippen molar-refractivity contribution in [1.82, 2.24) is 15.1 Å². The largest absolute Gasteiger partial charge is 0.478 e. The Labute approximate surface area is 193 Å². The summed E-state index contributed by atoms with van der Waals surface area (Å²) in [5.41, 5.74) is 1.87. The van der Waals surface area contributed by atoms with Crippen LogP contribution in [0.3, 0.4) is 0 Å². The molecule has 1 amide bonds. The van der Waals surface area contributed by atoms with Crippen LogP contribution in [0.4, 0.5) is 19.0 Å². The van der Waals surface area contributed by atoms with E-state index in [-0.39, 0.29) is 17.5 Å². The lowest BCUT2D eigenvalue weighted by atomic mass is 10.1. The van der Waals surface area contributed by atoms with E-state index in [0.717, 1.165) is 17.7 Å². The van der Waals surface area contributed by atoms with Gasteiger partial charge in [0.05, 0.1) is 29.4 Å². The summed E-state index contributed by atoms with van der Waals surface area (Å²) in [7, 11) is 0. The molecule has 0 bridgehead atoms. The fraction of sp³-hybridized carbons (Fsp3) is 0.292. The van der Waals surface area contributed by atoms with Crippen LogP contribution in [-0.2, 0) is 19.3 Å². The molecular weight excluding hydrogens is 449 g/mol. The number of amides is 1. The average molecular weight is 472 g/mol. The van der Waals surface area contributed by atoms with Crippen molar-refractivity contribution >= 4 is 17.7 Å². The summed E-state index contributed by atoms with van der Waals surface area (Å²) in [6.07, 6.45) is -4.39. The number of aryl methyl sites for hydroxylation is 1. The minimum atomic E-state index is -4.39. The van der Waals surface area contributed by atoms with Crippen LogP contribution >= 0.6 is 0 Å². The molecule has 2 heterocycles. The second-order valence-corrected chi connectivity index (χ2v) is 8.25. The number of carbonyl (C=O) groups is 2. The third kappa shape index (κ3) is 4.61. The van der Waals surface area contributed by atoms with Crippen molar-refractivity contribution in [2.45, 2.75) is 39.2 Å². The SMILES string of the molecule is Cc1nn2c(c1C(=O)N[C@@H](C)c1ccc(C(=O)O)cc1)N(Cc1ccc(C(F)(F)F)cc1)CC2. The van der Waals surface area contributed by atoms with E-state index in [0.29, 0.717) is 42.3 Å². The smallest absolute Gasteiger partial charge is 0.416 e. The summed E-state index contributed by atoms with van der Waals surface area (Å²) < 4.78 is 40.3. The number of aromatic carboxylic acids is 1. The van der Waals surface area contributed by atoms with Gasteiger partial charge in [0.1, 0.15) is 11.4 Å². The molecule has 0 saturated heterocycles. The molecule has 1 aliphatic heterocycles. The predicted octanol–water partition coefficient (Wildman–Crippen LogP) is 4.42. The van der Waals surface area contributed by atoms with Gasteiger partial charge < -0.3 is 15.3 Å². The molecule has 10 heteroatoms. The Hall–Kier alpha value is -3.82. The Balaban J connectivity index is 1.52. The molecule has 0 radical (unpaired) electrons. The van der Waals surface area contributed by atoms with E-state index in [2.05, 4.69) is 10.4 Å². The van der Waals surface area contributed by atoms with Crippen molar-refractivity contribution in [2.75, 3.05) is 11.4 Å². The quantitative estimate of drug-likeness (QED) is 0.555. The molecule has 2 aromatic carbocycles. The van der Waals surface area contributed by atoms with Crippen LogP contribution in [-0.4, -0.2) is 33.3 Å². The van der Waals surface area contributed by atoms with E-state index < -0.39 is 17.7 Å². The van der Waals surface area contributed by atoms with Crippen LogP contribution in [0.5, 0.6) is 0 Å². The molecule has 34 heavy (non-hydrogen) atoms. The number of halogens is 3. The molecule has 1 atom stereocenters. The normalized spacial score (nSPS) is 14.1. The van der Waals surface area contributed by atoms with E-state index in [1.807, 2.05) is 4.90 Å². The molecule has 1 aliphatic rings. The predicted molar refractivity (Wildman–Crippen MR) is 119 cm³/mol. The monoisotopic (exact) mass is 472 g/mol. The highest BCUT2D eigenvalue weighted by molar-refractivity contribution is 6.00. The first kappa shape index (κ1) is 23.3. The Bertz CT molecular complexity index is 1220. The maximum atomic E-state index is 13.2. The fourth-order valence-corrected chi connectivity index (χ4v) is 4.07. The second kappa shape index (κ2) is 8.85. The van der Waals surface area contributed by atoms with Crippen molar-refractivity contribution < 1.29 is 27.9 Å². The van der Waals surface area contributed by atoms with E-state index in [1.165, 1.54) is 24.3 Å². The summed E-state index contributed by atoms with van der Waals surface area (Å²) in [6.45, 7) is 5.03. The number of aromatic nitrogens is 2. The molecule has 2 N–H and O–H groups in total. The summed E-state index contributed by atoms with van der Waals surface area (Å²) >= 11 is 0. The Morgan fingerprint density at radius 2 is 1.74 bits per heavy atom. The number of carboxylic acid groups (broad SMARTS) is 1. The first-order chi connectivity index (χ1) is 16.0. The van der Waals surface area contributed by atoms with Crippen LogP contribution in [0.15, 0.2) is 48.5 Å². The molecule has 1 aromatic heterocycles. The van der Waals surface area contributed by atoms with Crippen molar-refractivity contribution in [2.24, 2.45) is 0 Å². The molecule has 0 unspecified atom stereocenters. The topological polar surface area (TPSA) is 87.5 Å². The standard InChI is InChI=1S/C24H23F3N4O3/c1-14(17-5-7-18(8-6-17)23(33)34)28-21(32)20-15(2)29-31-12-11-30(22(20)31)13-16-3-9-19(10-4-16)24(25,26)27/h3-10,14H,11-13H2,1-2H3,(H,28,32)(H,33,34)/t14-/m0/s1. The van der Waals surface area contributed by atoms with Gasteiger partial charge in [0.25, 0.3) is 5.91 Å². The molecule has 0 aliphatic carbocycles. The van der Waals surface area contributed by atoms with E-state index in [9.17, 15) is 22.8 Å². The Morgan fingerprint density at radius 1 is 1.09 bits per heavy atom. The van der Waals surface area contributed by atoms with Gasteiger partial charge in [-0.25, -0.2) is 9.48 Å². The Morgan fingerprint density at radius 3 is 2.32 bits per heavy atom. The number of carbonyl (C=O) groups excluding carboxylic acids is 1. The van der Waals surface area contributed by atoms with Gasteiger partial charge in [0, 0.05) is 13.1 Å². The number of benzene rings is 2. The van der Waals surface area contributed by atoms with Crippen molar-refractivity contribution in [3.05, 3.63) is 82.0 Å². The highest BCUT2D eigenvalue weighted by Crippen LogP contribution is 2.32. The number of anilines is 1. The van der Waals surface area contributed by atoms with Crippen molar-refractivity contribution in [3.63, 3.8) is 0 Å². The van der Waals surface area contributed by atoms with Crippen LogP contribution < -0.4 is 10.2 Å². The minimum Gasteiger partial charge on any atom is -0.478 e. The van der Waals surface area contributed by atoms with Gasteiger partial charge in [0.2, 0.25) is 0 Å². The van der Waals surface area contributed by atoms with Crippen LogP contribution in [0.1, 0.15) is 56.1 Å². The minimum absolute atomic E-state index is 0.159. The third-order valence-electron chi connectivity index (χ3n) is 5.87. The lowest BCUT2D eigenvalue weighted by molar-refractivity contribution is -0.137. The molecule has 0 spiro atoms. The third-order valence-corrected chi connectivity index (χ3v) is 5.87. The number of hydrogen-bond acceptors (Lipinski definition) is 4. The number of hydrogen-bond donors (Lipinski definition) is 2. The summed E-state index contributed by atoms with van der Waals surface area (Å²) in [5, 5.41) is 16.4. The fourth-order valence-electron chi connectivity index (χ4n) is 4.07. The van der Waals surface area contributed by atoms with E-state index in [4.69, 9.17) is 5.11 Å². The lowest BCUT2D eigenvalue weighted by Crippen LogP contribution is -2.29. The molecule has 0 fully saturated rings. The maximum Gasteiger partial charge on any atom is 0.416 e. The number of fused-ring (bicyclic) bond motifs is 1. The van der Waals surface area contributed by atoms with E-state index >= 15 is 0 Å². The second-order valence-electron chi connectivity index (χ2n) is 8.25. The molecule has 0 saturated carbocycles. The van der Waals surface area contributed by atoms with Crippen LogP contribution in [0.25, 0.3) is 0 Å². The zero-order chi connectivity index (χ0) is 24.6. The summed E-state index contributed by atoms with van der Waals surface area (Å²) in [4.78, 5) is 26.2. The first-order valence-electron chi connectivity index (χ1n) is 10.7. The lowest BCUT2D eigenvalue weighted by Gasteiger charge is -2.20. The zero-order valence-corrected chi connectivity index (χ0v) is 18.6. The van der Waals surface area contributed by atoms with Crippen molar-refractivity contribution in [3.8, 4) is 0 Å². The van der Waals surface area contributed by atoms with Gasteiger partial charge >= 0.3 is 12.1 Å². The molecule has 178 valence electrons. The average Bonchev–Trinajstić information content (AvgIpc) is 3.31. The summed E-state index contributed by atoms with van der Waals surface area (Å²) in [6, 6.07) is 10.9. The Kier molecular flexibility index (Phi) is 6.07. The highest BCUT2D eigenvalue weighted by atomic mass is 19.4. The molecule has 3 aromatic rings. The highest BCUT2D eigenvalue weighted by Gasteiger charge is 2.32. The van der Waals surface area contributed by atoms with Crippen LogP contribution in [0.2, 0.25) is 0 Å². The molecule has 4 rings (SSSR count). The first-order valence-corrected chi connectivity index (χ1v) is 10.7. The number of nitrogens with zero attached hydrogens (tertiary/aromatic N) is 3. The van der Waals surface area contributed by atoms with Gasteiger partial charge in [-0.15, -0.1) is 0 Å². The molecular formula is C24H23F3N4O3. The van der Waals surface area contributed by atoms with Gasteiger partial charge in [-0.1, -0.05) is 24.3 Å². The zero-order valence-electron chi connectivity index (χ0n) is 18.6. The van der Waals surface area contributed by atoms with Gasteiger partial charge in [0.15, 0.2) is 0 Å². The van der Waals surface area contributed by atoms with Gasteiger partial charge in [-0.3, -0.25) is 4.79 Å².